The SMILES string of the molecule is CCn1ccnc1CN(CC1CC1C)C1CC12CCNCC2. The molecule has 0 aromatic carbocycles. The number of aryl methyl sites for hydroxylation is 1. The van der Waals surface area contributed by atoms with Gasteiger partial charge in [0, 0.05) is 31.5 Å². The molecule has 2 saturated carbocycles. The Hall–Kier alpha value is -0.870. The van der Waals surface area contributed by atoms with Crippen molar-refractivity contribution in [2.75, 3.05) is 19.6 Å². The molecule has 1 aromatic rings. The van der Waals surface area contributed by atoms with Crippen LogP contribution in [0.25, 0.3) is 0 Å². The fourth-order valence-electron chi connectivity index (χ4n) is 4.52. The third-order valence-electron chi connectivity index (χ3n) is 6.42. The summed E-state index contributed by atoms with van der Waals surface area (Å²) in [6.45, 7) is 10.4. The molecule has 3 unspecified atom stereocenters. The second kappa shape index (κ2) is 5.64. The van der Waals surface area contributed by atoms with Crippen LogP contribution in [-0.2, 0) is 13.1 Å². The minimum absolute atomic E-state index is 0.632. The second-order valence-electron chi connectivity index (χ2n) is 7.86. The van der Waals surface area contributed by atoms with Crippen LogP contribution in [0.1, 0.15) is 45.4 Å². The monoisotopic (exact) mass is 302 g/mol. The molecule has 3 fully saturated rings. The van der Waals surface area contributed by atoms with Crippen LogP contribution in [0.5, 0.6) is 0 Å². The summed E-state index contributed by atoms with van der Waals surface area (Å²) < 4.78 is 2.31. The first-order chi connectivity index (χ1) is 10.7. The number of hydrogen-bond acceptors (Lipinski definition) is 3. The molecule has 1 N–H and O–H groups in total. The maximum Gasteiger partial charge on any atom is 0.122 e. The molecule has 1 saturated heterocycles. The van der Waals surface area contributed by atoms with E-state index in [0.29, 0.717) is 5.41 Å². The summed E-state index contributed by atoms with van der Waals surface area (Å²) in [6.07, 6.45) is 9.68. The van der Waals surface area contributed by atoms with Crippen molar-refractivity contribution < 1.29 is 0 Å². The van der Waals surface area contributed by atoms with Gasteiger partial charge in [-0.25, -0.2) is 4.98 Å². The van der Waals surface area contributed by atoms with E-state index in [2.05, 4.69) is 39.8 Å². The Labute approximate surface area is 134 Å². The van der Waals surface area contributed by atoms with Crippen molar-refractivity contribution in [1.29, 1.82) is 0 Å². The molecular formula is C18H30N4. The Morgan fingerprint density at radius 2 is 2.18 bits per heavy atom. The minimum Gasteiger partial charge on any atom is -0.334 e. The lowest BCUT2D eigenvalue weighted by Gasteiger charge is -2.29. The number of rotatable bonds is 6. The van der Waals surface area contributed by atoms with Gasteiger partial charge in [-0.2, -0.15) is 0 Å². The first kappa shape index (κ1) is 14.7. The van der Waals surface area contributed by atoms with E-state index in [-0.39, 0.29) is 0 Å². The molecule has 1 spiro atoms. The summed E-state index contributed by atoms with van der Waals surface area (Å²) in [4.78, 5) is 7.41. The normalized spacial score (nSPS) is 32.6. The van der Waals surface area contributed by atoms with Crippen molar-refractivity contribution in [3.63, 3.8) is 0 Å². The van der Waals surface area contributed by atoms with E-state index in [0.717, 1.165) is 31.0 Å². The molecular weight excluding hydrogens is 272 g/mol. The van der Waals surface area contributed by atoms with E-state index in [4.69, 9.17) is 0 Å². The molecule has 0 bridgehead atoms. The first-order valence-electron chi connectivity index (χ1n) is 9.16. The maximum atomic E-state index is 4.63. The van der Waals surface area contributed by atoms with Gasteiger partial charge in [-0.05, 0) is 62.9 Å². The summed E-state index contributed by atoms with van der Waals surface area (Å²) in [7, 11) is 0. The quantitative estimate of drug-likeness (QED) is 0.876. The number of nitrogens with zero attached hydrogens (tertiary/aromatic N) is 3. The highest BCUT2D eigenvalue weighted by atomic mass is 15.2. The Kier molecular flexibility index (Phi) is 3.77. The van der Waals surface area contributed by atoms with E-state index in [9.17, 15) is 0 Å². The lowest BCUT2D eigenvalue weighted by molar-refractivity contribution is 0.180. The van der Waals surface area contributed by atoms with Crippen LogP contribution in [0.2, 0.25) is 0 Å². The van der Waals surface area contributed by atoms with Gasteiger partial charge in [-0.1, -0.05) is 6.92 Å². The third-order valence-corrected chi connectivity index (χ3v) is 6.42. The molecule has 2 heterocycles. The predicted octanol–water partition coefficient (Wildman–Crippen LogP) is 2.50. The largest absolute Gasteiger partial charge is 0.334 e. The lowest BCUT2D eigenvalue weighted by Crippen LogP contribution is -2.37. The average Bonchev–Trinajstić information content (AvgIpc) is 3.34. The van der Waals surface area contributed by atoms with Crippen LogP contribution in [0.3, 0.4) is 0 Å². The second-order valence-corrected chi connectivity index (χ2v) is 7.86. The zero-order chi connectivity index (χ0) is 15.2. The topological polar surface area (TPSA) is 33.1 Å². The van der Waals surface area contributed by atoms with Gasteiger partial charge in [0.15, 0.2) is 0 Å². The van der Waals surface area contributed by atoms with E-state index < -0.39 is 0 Å². The smallest absolute Gasteiger partial charge is 0.122 e. The van der Waals surface area contributed by atoms with Gasteiger partial charge in [0.1, 0.15) is 5.82 Å². The molecule has 3 aliphatic rings. The van der Waals surface area contributed by atoms with E-state index >= 15 is 0 Å². The van der Waals surface area contributed by atoms with Crippen LogP contribution in [0.15, 0.2) is 12.4 Å². The van der Waals surface area contributed by atoms with Crippen LogP contribution in [-0.4, -0.2) is 40.1 Å². The molecule has 0 amide bonds. The fraction of sp³-hybridized carbons (Fsp3) is 0.833. The summed E-state index contributed by atoms with van der Waals surface area (Å²) in [5.74, 6) is 3.13. The number of nitrogens with one attached hydrogen (secondary N) is 1. The average molecular weight is 302 g/mol. The Morgan fingerprint density at radius 1 is 1.41 bits per heavy atom. The predicted molar refractivity (Wildman–Crippen MR) is 88.5 cm³/mol. The van der Waals surface area contributed by atoms with Crippen LogP contribution >= 0.6 is 0 Å². The van der Waals surface area contributed by atoms with Crippen LogP contribution < -0.4 is 5.32 Å². The molecule has 3 atom stereocenters. The molecule has 4 nitrogen and oxygen atoms in total. The summed E-state index contributed by atoms with van der Waals surface area (Å²) in [6, 6.07) is 0.810. The minimum atomic E-state index is 0.632. The van der Waals surface area contributed by atoms with Crippen molar-refractivity contribution in [3.8, 4) is 0 Å². The zero-order valence-electron chi connectivity index (χ0n) is 14.1. The number of imidazole rings is 1. The molecule has 1 aliphatic heterocycles. The molecule has 2 aliphatic carbocycles. The van der Waals surface area contributed by atoms with Gasteiger partial charge in [-0.15, -0.1) is 0 Å². The van der Waals surface area contributed by atoms with Crippen LogP contribution in [0.4, 0.5) is 0 Å². The van der Waals surface area contributed by atoms with Gasteiger partial charge in [-0.3, -0.25) is 4.90 Å². The molecule has 1 aromatic heterocycles. The summed E-state index contributed by atoms with van der Waals surface area (Å²) in [5.41, 5.74) is 0.632. The summed E-state index contributed by atoms with van der Waals surface area (Å²) >= 11 is 0. The van der Waals surface area contributed by atoms with Gasteiger partial charge in [0.2, 0.25) is 0 Å². The van der Waals surface area contributed by atoms with Crippen molar-refractivity contribution in [1.82, 2.24) is 19.8 Å². The maximum absolute atomic E-state index is 4.63. The Balaban J connectivity index is 1.47. The van der Waals surface area contributed by atoms with Crippen molar-refractivity contribution in [2.45, 2.75) is 58.7 Å². The number of piperidine rings is 1. The van der Waals surface area contributed by atoms with Gasteiger partial charge >= 0.3 is 0 Å². The van der Waals surface area contributed by atoms with Gasteiger partial charge < -0.3 is 9.88 Å². The fourth-order valence-corrected chi connectivity index (χ4v) is 4.52. The van der Waals surface area contributed by atoms with Crippen LogP contribution in [0, 0.1) is 17.3 Å². The molecule has 4 heteroatoms. The highest BCUT2D eigenvalue weighted by molar-refractivity contribution is 5.12. The van der Waals surface area contributed by atoms with Gasteiger partial charge in [0.25, 0.3) is 0 Å². The molecule has 22 heavy (non-hydrogen) atoms. The molecule has 0 radical (unpaired) electrons. The van der Waals surface area contributed by atoms with E-state index in [1.54, 1.807) is 0 Å². The Bertz CT molecular complexity index is 517. The molecule has 122 valence electrons. The summed E-state index contributed by atoms with van der Waals surface area (Å²) in [5, 5.41) is 3.53. The number of aromatic nitrogens is 2. The highest BCUT2D eigenvalue weighted by Gasteiger charge is 2.57. The van der Waals surface area contributed by atoms with Crippen molar-refractivity contribution in [3.05, 3.63) is 18.2 Å². The Morgan fingerprint density at radius 3 is 2.86 bits per heavy atom. The van der Waals surface area contributed by atoms with E-state index in [1.807, 2.05) is 6.20 Å². The first-order valence-corrected chi connectivity index (χ1v) is 9.16. The lowest BCUT2D eigenvalue weighted by atomic mass is 9.93. The van der Waals surface area contributed by atoms with Crippen molar-refractivity contribution in [2.24, 2.45) is 17.3 Å². The van der Waals surface area contributed by atoms with E-state index in [1.165, 1.54) is 51.1 Å². The van der Waals surface area contributed by atoms with Crippen molar-refractivity contribution >= 4 is 0 Å². The third kappa shape index (κ3) is 2.71. The number of hydrogen-bond donors (Lipinski definition) is 1. The molecule has 4 rings (SSSR count). The zero-order valence-corrected chi connectivity index (χ0v) is 14.1. The highest BCUT2D eigenvalue weighted by Crippen LogP contribution is 2.56. The van der Waals surface area contributed by atoms with Gasteiger partial charge in [0.05, 0.1) is 6.54 Å². The standard InChI is InChI=1S/C18H30N4/c1-3-21-9-8-20-17(21)13-22(12-15-10-14(15)2)16-11-18(16)4-6-19-7-5-18/h8-9,14-16,19H,3-7,10-13H2,1-2H3.